The number of aromatic nitrogens is 1. The molecule has 0 aliphatic carbocycles. The third-order valence-electron chi connectivity index (χ3n) is 4.05. The van der Waals surface area contributed by atoms with Crippen LogP contribution in [0.1, 0.15) is 38.9 Å². The normalized spacial score (nSPS) is 12.0. The first-order valence-electron chi connectivity index (χ1n) is 8.14. The third kappa shape index (κ3) is 3.58. The molecule has 2 aromatic carbocycles. The minimum Gasteiger partial charge on any atom is -0.451 e. The summed E-state index contributed by atoms with van der Waals surface area (Å²) in [4.78, 5) is 29.5. The maximum absolute atomic E-state index is 12.6. The summed E-state index contributed by atoms with van der Waals surface area (Å²) in [5, 5.41) is 0.716. The van der Waals surface area contributed by atoms with Gasteiger partial charge in [-0.05, 0) is 32.9 Å². The summed E-state index contributed by atoms with van der Waals surface area (Å²) in [6.07, 6.45) is -0.859. The number of nitrogens with zero attached hydrogens (tertiary/aromatic N) is 1. The molecule has 0 saturated heterocycles. The molecule has 3 rings (SSSR count). The Kier molecular flexibility index (Phi) is 4.61. The highest BCUT2D eigenvalue weighted by Gasteiger charge is 2.22. The van der Waals surface area contributed by atoms with Gasteiger partial charge in [-0.15, -0.1) is 0 Å². The van der Waals surface area contributed by atoms with Gasteiger partial charge in [0.15, 0.2) is 6.10 Å². The van der Waals surface area contributed by atoms with Gasteiger partial charge in [0.25, 0.3) is 0 Å². The Hall–Kier alpha value is -3.01. The highest BCUT2D eigenvalue weighted by atomic mass is 16.5. The molecular weight excluding hydrogens is 314 g/mol. The van der Waals surface area contributed by atoms with E-state index in [0.717, 1.165) is 16.8 Å². The number of Topliss-reactive ketones (excluding diaryl/α,β-unsaturated/α-hetero) is 1. The largest absolute Gasteiger partial charge is 0.451 e. The second-order valence-corrected chi connectivity index (χ2v) is 6.11. The second-order valence-electron chi connectivity index (χ2n) is 6.11. The van der Waals surface area contributed by atoms with Crippen LogP contribution in [-0.2, 0) is 4.74 Å². The van der Waals surface area contributed by atoms with Crippen LogP contribution in [0.3, 0.4) is 0 Å². The number of esters is 1. The lowest BCUT2D eigenvalue weighted by Gasteiger charge is -2.14. The van der Waals surface area contributed by atoms with E-state index in [9.17, 15) is 9.59 Å². The van der Waals surface area contributed by atoms with Gasteiger partial charge in [0.1, 0.15) is 0 Å². The Morgan fingerprint density at radius 2 is 1.68 bits per heavy atom. The molecule has 1 atom stereocenters. The zero-order valence-electron chi connectivity index (χ0n) is 14.4. The molecule has 1 heterocycles. The number of para-hydroxylation sites is 1. The van der Waals surface area contributed by atoms with Gasteiger partial charge in [-0.1, -0.05) is 48.0 Å². The minimum absolute atomic E-state index is 0.219. The van der Waals surface area contributed by atoms with Crippen molar-refractivity contribution in [3.8, 4) is 0 Å². The summed E-state index contributed by atoms with van der Waals surface area (Å²) in [6.45, 7) is 5.37. The van der Waals surface area contributed by atoms with Gasteiger partial charge in [0.05, 0.1) is 11.1 Å². The van der Waals surface area contributed by atoms with Crippen molar-refractivity contribution in [2.75, 3.05) is 0 Å². The van der Waals surface area contributed by atoms with Gasteiger partial charge in [-0.25, -0.2) is 4.79 Å². The van der Waals surface area contributed by atoms with Crippen molar-refractivity contribution < 1.29 is 14.3 Å². The zero-order chi connectivity index (χ0) is 18.0. The molecule has 0 fully saturated rings. The number of benzene rings is 2. The van der Waals surface area contributed by atoms with Gasteiger partial charge in [0, 0.05) is 16.6 Å². The summed E-state index contributed by atoms with van der Waals surface area (Å²) >= 11 is 0. The van der Waals surface area contributed by atoms with Gasteiger partial charge in [0.2, 0.25) is 5.78 Å². The fourth-order valence-electron chi connectivity index (χ4n) is 2.71. The maximum Gasteiger partial charge on any atom is 0.339 e. The topological polar surface area (TPSA) is 56.3 Å². The highest BCUT2D eigenvalue weighted by Crippen LogP contribution is 2.20. The van der Waals surface area contributed by atoms with Crippen LogP contribution < -0.4 is 0 Å². The predicted octanol–water partition coefficient (Wildman–Crippen LogP) is 4.28. The van der Waals surface area contributed by atoms with E-state index in [-0.39, 0.29) is 5.78 Å². The van der Waals surface area contributed by atoms with Crippen LogP contribution >= 0.6 is 0 Å². The molecule has 3 aromatic rings. The van der Waals surface area contributed by atoms with E-state index in [1.807, 2.05) is 50.2 Å². The van der Waals surface area contributed by atoms with Crippen molar-refractivity contribution in [2.24, 2.45) is 0 Å². The summed E-state index contributed by atoms with van der Waals surface area (Å²) < 4.78 is 5.43. The number of hydrogen-bond donors (Lipinski definition) is 0. The number of rotatable bonds is 4. The van der Waals surface area contributed by atoms with Crippen LogP contribution in [0.2, 0.25) is 0 Å². The molecule has 0 aliphatic rings. The third-order valence-corrected chi connectivity index (χ3v) is 4.05. The summed E-state index contributed by atoms with van der Waals surface area (Å²) in [6, 6.07) is 16.3. The molecule has 126 valence electrons. The van der Waals surface area contributed by atoms with E-state index >= 15 is 0 Å². The lowest BCUT2D eigenvalue weighted by molar-refractivity contribution is 0.0320. The molecule has 0 radical (unpaired) electrons. The first-order valence-corrected chi connectivity index (χ1v) is 8.14. The summed E-state index contributed by atoms with van der Waals surface area (Å²) in [7, 11) is 0. The van der Waals surface area contributed by atoms with E-state index in [1.54, 1.807) is 25.1 Å². The van der Waals surface area contributed by atoms with E-state index in [1.165, 1.54) is 0 Å². The smallest absolute Gasteiger partial charge is 0.339 e. The van der Waals surface area contributed by atoms with Gasteiger partial charge < -0.3 is 4.74 Å². The lowest BCUT2D eigenvalue weighted by atomic mass is 10.1. The lowest BCUT2D eigenvalue weighted by Crippen LogP contribution is -2.24. The van der Waals surface area contributed by atoms with Crippen LogP contribution in [0, 0.1) is 13.8 Å². The Morgan fingerprint density at radius 3 is 2.40 bits per heavy atom. The molecule has 0 spiro atoms. The molecule has 1 unspecified atom stereocenters. The quantitative estimate of drug-likeness (QED) is 0.528. The number of ketones is 1. The zero-order valence-corrected chi connectivity index (χ0v) is 14.4. The van der Waals surface area contributed by atoms with Crippen molar-refractivity contribution in [2.45, 2.75) is 26.9 Å². The SMILES string of the molecule is Cc1ccc(C(=O)C(C)OC(=O)c2cc(C)nc3ccccc23)cc1. The van der Waals surface area contributed by atoms with E-state index in [2.05, 4.69) is 4.98 Å². The molecular formula is C21H19NO3. The first-order chi connectivity index (χ1) is 12.0. The van der Waals surface area contributed by atoms with Crippen molar-refractivity contribution >= 4 is 22.7 Å². The summed E-state index contributed by atoms with van der Waals surface area (Å²) in [5.41, 5.74) is 3.48. The van der Waals surface area contributed by atoms with E-state index in [0.29, 0.717) is 16.5 Å². The molecule has 4 heteroatoms. The van der Waals surface area contributed by atoms with Crippen molar-refractivity contribution in [3.63, 3.8) is 0 Å². The number of carbonyl (C=O) groups is 2. The molecule has 0 amide bonds. The van der Waals surface area contributed by atoms with E-state index < -0.39 is 12.1 Å². The van der Waals surface area contributed by atoms with Crippen LogP contribution in [0.5, 0.6) is 0 Å². The number of carbonyl (C=O) groups excluding carboxylic acids is 2. The predicted molar refractivity (Wildman–Crippen MR) is 96.9 cm³/mol. The minimum atomic E-state index is -0.859. The fourth-order valence-corrected chi connectivity index (χ4v) is 2.71. The number of hydrogen-bond acceptors (Lipinski definition) is 4. The van der Waals surface area contributed by atoms with Gasteiger partial charge >= 0.3 is 5.97 Å². The van der Waals surface area contributed by atoms with E-state index in [4.69, 9.17) is 4.74 Å². The van der Waals surface area contributed by atoms with Crippen LogP contribution in [-0.4, -0.2) is 22.8 Å². The maximum atomic E-state index is 12.6. The standard InChI is InChI=1S/C21H19NO3/c1-13-8-10-16(11-9-13)20(23)15(3)25-21(24)18-12-14(2)22-19-7-5-4-6-17(18)19/h4-12,15H,1-3H3. The second kappa shape index (κ2) is 6.85. The molecule has 0 aliphatic heterocycles. The Balaban J connectivity index is 1.85. The van der Waals surface area contributed by atoms with Crippen molar-refractivity contribution in [1.82, 2.24) is 4.98 Å². The molecule has 4 nitrogen and oxygen atoms in total. The average molecular weight is 333 g/mol. The number of ether oxygens (including phenoxy) is 1. The number of pyridine rings is 1. The Morgan fingerprint density at radius 1 is 1.00 bits per heavy atom. The molecule has 0 bridgehead atoms. The number of fused-ring (bicyclic) bond motifs is 1. The molecule has 25 heavy (non-hydrogen) atoms. The van der Waals surface area contributed by atoms with Crippen molar-refractivity contribution in [1.29, 1.82) is 0 Å². The van der Waals surface area contributed by atoms with Crippen LogP contribution in [0.15, 0.2) is 54.6 Å². The van der Waals surface area contributed by atoms with Crippen LogP contribution in [0.4, 0.5) is 0 Å². The average Bonchev–Trinajstić information content (AvgIpc) is 2.60. The van der Waals surface area contributed by atoms with Gasteiger partial charge in [-0.2, -0.15) is 0 Å². The monoisotopic (exact) mass is 333 g/mol. The first kappa shape index (κ1) is 16.8. The van der Waals surface area contributed by atoms with Gasteiger partial charge in [-0.3, -0.25) is 9.78 Å². The fraction of sp³-hybridized carbons (Fsp3) is 0.190. The molecule has 1 aromatic heterocycles. The highest BCUT2D eigenvalue weighted by molar-refractivity contribution is 6.06. The number of aryl methyl sites for hydroxylation is 2. The van der Waals surface area contributed by atoms with Crippen LogP contribution in [0.25, 0.3) is 10.9 Å². The Labute approximate surface area is 146 Å². The Bertz CT molecular complexity index is 945. The van der Waals surface area contributed by atoms with Crippen molar-refractivity contribution in [3.05, 3.63) is 77.0 Å². The molecule has 0 saturated carbocycles. The summed E-state index contributed by atoms with van der Waals surface area (Å²) in [5.74, 6) is -0.738. The molecule has 0 N–H and O–H groups in total.